The van der Waals surface area contributed by atoms with Gasteiger partial charge in [0.25, 0.3) is 0 Å². The number of carboxylic acid groups (broad SMARTS) is 1. The molecular formula is C12H24N2O2S2. The number of piperazine rings is 1. The van der Waals surface area contributed by atoms with Gasteiger partial charge in [-0.15, -0.1) is 0 Å². The van der Waals surface area contributed by atoms with Crippen molar-refractivity contribution < 1.29 is 9.90 Å². The van der Waals surface area contributed by atoms with Crippen LogP contribution in [0.5, 0.6) is 0 Å². The summed E-state index contributed by atoms with van der Waals surface area (Å²) in [7, 11) is 3.92. The monoisotopic (exact) mass is 292 g/mol. The van der Waals surface area contributed by atoms with Gasteiger partial charge >= 0.3 is 5.97 Å². The topological polar surface area (TPSA) is 61.4 Å². The van der Waals surface area contributed by atoms with E-state index in [0.29, 0.717) is 6.42 Å². The highest BCUT2D eigenvalue weighted by Crippen LogP contribution is 2.39. The summed E-state index contributed by atoms with van der Waals surface area (Å²) in [4.78, 5) is 10.2. The first kappa shape index (κ1) is 16.1. The van der Waals surface area contributed by atoms with Crippen LogP contribution in [-0.2, 0) is 4.79 Å². The van der Waals surface area contributed by atoms with Crippen LogP contribution in [0.4, 0.5) is 0 Å². The molecule has 0 bridgehead atoms. The third-order valence-corrected chi connectivity index (χ3v) is 5.86. The van der Waals surface area contributed by atoms with Gasteiger partial charge in [0.05, 0.1) is 0 Å². The molecule has 2 heterocycles. The van der Waals surface area contributed by atoms with Gasteiger partial charge in [-0.3, -0.25) is 4.79 Å². The molecule has 106 valence electrons. The Kier molecular flexibility index (Phi) is 9.83. The normalized spacial score (nSPS) is 23.2. The van der Waals surface area contributed by atoms with E-state index in [1.165, 1.54) is 18.6 Å². The number of carbonyl (C=O) groups is 1. The van der Waals surface area contributed by atoms with Crippen molar-refractivity contribution in [2.24, 2.45) is 0 Å². The minimum absolute atomic E-state index is 0.338. The zero-order chi connectivity index (χ0) is 13.1. The molecule has 0 aromatic rings. The minimum Gasteiger partial charge on any atom is -0.481 e. The van der Waals surface area contributed by atoms with Crippen LogP contribution in [0, 0.1) is 0 Å². The van der Waals surface area contributed by atoms with Crippen molar-refractivity contribution in [1.29, 1.82) is 0 Å². The first-order valence-corrected chi connectivity index (χ1v) is 9.09. The highest BCUT2D eigenvalue weighted by atomic mass is 33.1. The van der Waals surface area contributed by atoms with Gasteiger partial charge in [-0.05, 0) is 19.3 Å². The summed E-state index contributed by atoms with van der Waals surface area (Å²) < 4.78 is 0. The third kappa shape index (κ3) is 9.08. The molecule has 0 aromatic heterocycles. The average molecular weight is 292 g/mol. The zero-order valence-corrected chi connectivity index (χ0v) is 12.5. The van der Waals surface area contributed by atoms with E-state index in [2.05, 4.69) is 10.6 Å². The molecule has 0 aromatic carbocycles. The number of nitrogens with one attached hydrogen (secondary N) is 2. The number of carboxylic acids is 1. The van der Waals surface area contributed by atoms with Crippen LogP contribution in [0.2, 0.25) is 0 Å². The van der Waals surface area contributed by atoms with Gasteiger partial charge < -0.3 is 15.7 Å². The van der Waals surface area contributed by atoms with Gasteiger partial charge in [-0.2, -0.15) is 0 Å². The van der Waals surface area contributed by atoms with Crippen LogP contribution in [0.25, 0.3) is 0 Å². The fourth-order valence-corrected chi connectivity index (χ4v) is 4.84. The lowest BCUT2D eigenvalue weighted by molar-refractivity contribution is -0.137. The third-order valence-electron chi connectivity index (χ3n) is 2.85. The number of unbranched alkanes of at least 4 members (excludes halogenated alkanes) is 1. The van der Waals surface area contributed by atoms with E-state index in [-0.39, 0.29) is 0 Å². The lowest BCUT2D eigenvalue weighted by atomic mass is 10.1. The quantitative estimate of drug-likeness (QED) is 0.532. The second kappa shape index (κ2) is 11.0. The number of hydrogen-bond acceptors (Lipinski definition) is 5. The Morgan fingerprint density at radius 1 is 1.17 bits per heavy atom. The van der Waals surface area contributed by atoms with Crippen LogP contribution in [-0.4, -0.2) is 48.3 Å². The van der Waals surface area contributed by atoms with Crippen molar-refractivity contribution in [3.63, 3.8) is 0 Å². The number of rotatable bonds is 5. The Bertz CT molecular complexity index is 209. The summed E-state index contributed by atoms with van der Waals surface area (Å²) in [6, 6.07) is 0. The van der Waals surface area contributed by atoms with Crippen molar-refractivity contribution in [2.45, 2.75) is 37.4 Å². The van der Waals surface area contributed by atoms with Gasteiger partial charge in [0.2, 0.25) is 0 Å². The molecule has 4 nitrogen and oxygen atoms in total. The molecule has 2 aliphatic rings. The number of aliphatic carboxylic acids is 1. The fraction of sp³-hybridized carbons (Fsp3) is 0.917. The molecule has 3 N–H and O–H groups in total. The lowest BCUT2D eigenvalue weighted by Gasteiger charge is -2.11. The molecule has 2 fully saturated rings. The van der Waals surface area contributed by atoms with Crippen LogP contribution in [0.15, 0.2) is 0 Å². The number of hydrogen-bond donors (Lipinski definition) is 3. The highest BCUT2D eigenvalue weighted by Gasteiger charge is 2.15. The molecule has 2 saturated heterocycles. The molecule has 0 spiro atoms. The standard InChI is InChI=1S/C8H14O2S2.C4H10N2/c9-8(10)4-2-1-3-7-5-6-11-12-7;1-2-6-4-3-5-1/h7H,1-6H2,(H,9,10);5-6H,1-4H2/t7-;/m1./s1. The molecule has 0 amide bonds. The first-order valence-electron chi connectivity index (χ1n) is 6.70. The van der Waals surface area contributed by atoms with E-state index >= 15 is 0 Å². The molecule has 1 atom stereocenters. The second-order valence-electron chi connectivity index (χ2n) is 4.47. The van der Waals surface area contributed by atoms with E-state index in [0.717, 1.165) is 44.3 Å². The Labute approximate surface area is 117 Å². The zero-order valence-electron chi connectivity index (χ0n) is 10.8. The van der Waals surface area contributed by atoms with Crippen molar-refractivity contribution in [3.8, 4) is 0 Å². The van der Waals surface area contributed by atoms with Gasteiger partial charge in [0.15, 0.2) is 0 Å². The Balaban J connectivity index is 0.000000225. The molecule has 0 radical (unpaired) electrons. The summed E-state index contributed by atoms with van der Waals surface area (Å²) in [6.07, 6.45) is 4.76. The summed E-state index contributed by atoms with van der Waals surface area (Å²) in [5, 5.41) is 15.6. The second-order valence-corrected chi connectivity index (χ2v) is 7.26. The van der Waals surface area contributed by atoms with Crippen LogP contribution < -0.4 is 10.6 Å². The molecular weight excluding hydrogens is 268 g/mol. The van der Waals surface area contributed by atoms with Crippen molar-refractivity contribution >= 4 is 27.6 Å². The maximum absolute atomic E-state index is 10.2. The first-order chi connectivity index (χ1) is 8.79. The largest absolute Gasteiger partial charge is 0.481 e. The predicted octanol–water partition coefficient (Wildman–Crippen LogP) is 1.96. The SMILES string of the molecule is C1CNCCN1.O=C(O)CCCC[C@@H]1CCSS1. The van der Waals surface area contributed by atoms with Crippen LogP contribution in [0.3, 0.4) is 0 Å². The summed E-state index contributed by atoms with van der Waals surface area (Å²) in [5.74, 6) is 0.609. The molecule has 2 rings (SSSR count). The molecule has 2 aliphatic heterocycles. The van der Waals surface area contributed by atoms with Crippen molar-refractivity contribution in [2.75, 3.05) is 31.9 Å². The Morgan fingerprint density at radius 2 is 1.83 bits per heavy atom. The lowest BCUT2D eigenvalue weighted by Crippen LogP contribution is -2.39. The van der Waals surface area contributed by atoms with Gasteiger partial charge in [0, 0.05) is 43.6 Å². The van der Waals surface area contributed by atoms with E-state index < -0.39 is 5.97 Å². The molecule has 0 unspecified atom stereocenters. The summed E-state index contributed by atoms with van der Waals surface area (Å²) in [5.41, 5.74) is 0. The Hall–Kier alpha value is 0.0900. The van der Waals surface area contributed by atoms with E-state index in [1.807, 2.05) is 21.6 Å². The average Bonchev–Trinajstić information content (AvgIpc) is 2.90. The fourth-order valence-electron chi connectivity index (χ4n) is 1.82. The van der Waals surface area contributed by atoms with E-state index in [1.54, 1.807) is 0 Å². The van der Waals surface area contributed by atoms with Crippen molar-refractivity contribution in [1.82, 2.24) is 10.6 Å². The van der Waals surface area contributed by atoms with Crippen molar-refractivity contribution in [3.05, 3.63) is 0 Å². The van der Waals surface area contributed by atoms with Gasteiger partial charge in [0.1, 0.15) is 0 Å². The van der Waals surface area contributed by atoms with E-state index in [9.17, 15) is 4.79 Å². The minimum atomic E-state index is -0.663. The highest BCUT2D eigenvalue weighted by molar-refractivity contribution is 8.77. The van der Waals surface area contributed by atoms with Gasteiger partial charge in [-0.1, -0.05) is 28.0 Å². The smallest absolute Gasteiger partial charge is 0.303 e. The molecule has 18 heavy (non-hydrogen) atoms. The maximum Gasteiger partial charge on any atom is 0.303 e. The van der Waals surface area contributed by atoms with Gasteiger partial charge in [-0.25, -0.2) is 0 Å². The Morgan fingerprint density at radius 3 is 2.28 bits per heavy atom. The maximum atomic E-state index is 10.2. The molecule has 0 saturated carbocycles. The van der Waals surface area contributed by atoms with E-state index in [4.69, 9.17) is 5.11 Å². The molecule has 0 aliphatic carbocycles. The summed E-state index contributed by atoms with van der Waals surface area (Å²) in [6.45, 7) is 4.56. The van der Waals surface area contributed by atoms with Crippen LogP contribution in [0.1, 0.15) is 32.1 Å². The predicted molar refractivity (Wildman–Crippen MR) is 80.3 cm³/mol. The molecule has 6 heteroatoms. The summed E-state index contributed by atoms with van der Waals surface area (Å²) >= 11 is 0. The van der Waals surface area contributed by atoms with Crippen LogP contribution >= 0.6 is 21.6 Å².